The molecule has 1 aliphatic heterocycles. The third kappa shape index (κ3) is 3.07. The zero-order valence-electron chi connectivity index (χ0n) is 13.5. The molecule has 7 nitrogen and oxygen atoms in total. The van der Waals surface area contributed by atoms with Gasteiger partial charge in [-0.3, -0.25) is 9.59 Å². The van der Waals surface area contributed by atoms with E-state index in [0.717, 1.165) is 12.8 Å². The van der Waals surface area contributed by atoms with Crippen LogP contribution in [-0.4, -0.2) is 39.0 Å². The standard InChI is InChI=1S/C17H21N3O4/c1-19-10-11(16(18)22)8-13(19)17(23)20-6-2-4-12(20)9-14(21)15-5-3-7-24-15/h3,5,7-8,10,12,14,21H,2,4,6,9H2,1H3,(H2,18,22). The number of aliphatic hydroxyl groups excluding tert-OH is 1. The number of carbonyl (C=O) groups is 2. The van der Waals surface area contributed by atoms with Gasteiger partial charge in [0.05, 0.1) is 11.8 Å². The zero-order valence-corrected chi connectivity index (χ0v) is 13.5. The van der Waals surface area contributed by atoms with E-state index < -0.39 is 12.0 Å². The Morgan fingerprint density at radius 3 is 2.92 bits per heavy atom. The molecule has 0 aromatic carbocycles. The Labute approximate surface area is 139 Å². The Hall–Kier alpha value is -2.54. The molecule has 3 rings (SSSR count). The molecule has 3 heterocycles. The summed E-state index contributed by atoms with van der Waals surface area (Å²) in [4.78, 5) is 25.9. The first kappa shape index (κ1) is 16.3. The van der Waals surface area contributed by atoms with Crippen LogP contribution < -0.4 is 5.73 Å². The van der Waals surface area contributed by atoms with Crippen molar-refractivity contribution in [1.29, 1.82) is 0 Å². The molecule has 2 atom stereocenters. The molecule has 7 heteroatoms. The molecular formula is C17H21N3O4. The number of likely N-dealkylation sites (tertiary alicyclic amines) is 1. The Kier molecular flexibility index (Phi) is 4.44. The smallest absolute Gasteiger partial charge is 0.270 e. The number of aromatic nitrogens is 1. The Balaban J connectivity index is 1.75. The summed E-state index contributed by atoms with van der Waals surface area (Å²) in [6.45, 7) is 0.630. The van der Waals surface area contributed by atoms with Crippen LogP contribution in [0.2, 0.25) is 0 Å². The first-order valence-electron chi connectivity index (χ1n) is 7.96. The molecule has 0 saturated carbocycles. The van der Waals surface area contributed by atoms with Gasteiger partial charge in [-0.25, -0.2) is 0 Å². The predicted molar refractivity (Wildman–Crippen MR) is 86.3 cm³/mol. The van der Waals surface area contributed by atoms with Gasteiger partial charge < -0.3 is 24.7 Å². The number of nitrogens with two attached hydrogens (primary N) is 1. The van der Waals surface area contributed by atoms with Gasteiger partial charge in [-0.2, -0.15) is 0 Å². The van der Waals surface area contributed by atoms with Crippen LogP contribution >= 0.6 is 0 Å². The average Bonchev–Trinajstić information content (AvgIpc) is 3.26. The highest BCUT2D eigenvalue weighted by Gasteiger charge is 2.33. The predicted octanol–water partition coefficient (Wildman–Crippen LogP) is 1.45. The van der Waals surface area contributed by atoms with Crippen molar-refractivity contribution in [3.8, 4) is 0 Å². The third-order valence-corrected chi connectivity index (χ3v) is 4.51. The monoisotopic (exact) mass is 331 g/mol. The summed E-state index contributed by atoms with van der Waals surface area (Å²) in [5, 5.41) is 10.3. The minimum absolute atomic E-state index is 0.0653. The first-order chi connectivity index (χ1) is 11.5. The third-order valence-electron chi connectivity index (χ3n) is 4.51. The van der Waals surface area contributed by atoms with Gasteiger partial charge in [0.1, 0.15) is 17.6 Å². The lowest BCUT2D eigenvalue weighted by Crippen LogP contribution is -2.37. The molecule has 2 aromatic heterocycles. The fourth-order valence-corrected chi connectivity index (χ4v) is 3.26. The van der Waals surface area contributed by atoms with Crippen LogP contribution in [0, 0.1) is 0 Å². The molecule has 0 radical (unpaired) electrons. The fraction of sp³-hybridized carbons (Fsp3) is 0.412. The maximum absolute atomic E-state index is 12.8. The molecular weight excluding hydrogens is 310 g/mol. The van der Waals surface area contributed by atoms with Crippen molar-refractivity contribution in [1.82, 2.24) is 9.47 Å². The first-order valence-corrected chi connectivity index (χ1v) is 7.96. The van der Waals surface area contributed by atoms with Gasteiger partial charge in [-0.05, 0) is 31.0 Å². The van der Waals surface area contributed by atoms with E-state index in [2.05, 4.69) is 0 Å². The Morgan fingerprint density at radius 1 is 1.50 bits per heavy atom. The van der Waals surface area contributed by atoms with Gasteiger partial charge in [0.25, 0.3) is 5.91 Å². The number of hydrogen-bond acceptors (Lipinski definition) is 4. The van der Waals surface area contributed by atoms with Crippen molar-refractivity contribution in [3.05, 3.63) is 47.7 Å². The Morgan fingerprint density at radius 2 is 2.29 bits per heavy atom. The second kappa shape index (κ2) is 6.52. The second-order valence-electron chi connectivity index (χ2n) is 6.15. The van der Waals surface area contributed by atoms with E-state index >= 15 is 0 Å². The number of aryl methyl sites for hydroxylation is 1. The topological polar surface area (TPSA) is 102 Å². The van der Waals surface area contributed by atoms with Crippen molar-refractivity contribution in [3.63, 3.8) is 0 Å². The molecule has 0 bridgehead atoms. The van der Waals surface area contributed by atoms with Gasteiger partial charge in [-0.1, -0.05) is 0 Å². The van der Waals surface area contributed by atoms with Crippen LogP contribution in [0.1, 0.15) is 52.0 Å². The number of carbonyl (C=O) groups excluding carboxylic acids is 2. The van der Waals surface area contributed by atoms with Crippen molar-refractivity contribution in [2.24, 2.45) is 12.8 Å². The number of primary amides is 1. The lowest BCUT2D eigenvalue weighted by atomic mass is 10.0. The summed E-state index contributed by atoms with van der Waals surface area (Å²) >= 11 is 0. The van der Waals surface area contributed by atoms with Gasteiger partial charge in [0, 0.05) is 32.3 Å². The van der Waals surface area contributed by atoms with E-state index in [-0.39, 0.29) is 11.9 Å². The number of furan rings is 1. The van der Waals surface area contributed by atoms with E-state index in [4.69, 9.17) is 10.2 Å². The van der Waals surface area contributed by atoms with Crippen LogP contribution in [0.25, 0.3) is 0 Å². The fourth-order valence-electron chi connectivity index (χ4n) is 3.26. The summed E-state index contributed by atoms with van der Waals surface area (Å²) in [5.74, 6) is -0.209. The van der Waals surface area contributed by atoms with Crippen LogP contribution in [-0.2, 0) is 7.05 Å². The van der Waals surface area contributed by atoms with Crippen molar-refractivity contribution in [2.45, 2.75) is 31.4 Å². The molecule has 1 aliphatic rings. The van der Waals surface area contributed by atoms with Crippen LogP contribution in [0.4, 0.5) is 0 Å². The van der Waals surface area contributed by atoms with Crippen LogP contribution in [0.5, 0.6) is 0 Å². The van der Waals surface area contributed by atoms with E-state index in [1.54, 1.807) is 34.8 Å². The van der Waals surface area contributed by atoms with E-state index in [9.17, 15) is 14.7 Å². The van der Waals surface area contributed by atoms with Crippen molar-refractivity contribution >= 4 is 11.8 Å². The second-order valence-corrected chi connectivity index (χ2v) is 6.15. The lowest BCUT2D eigenvalue weighted by Gasteiger charge is -2.26. The van der Waals surface area contributed by atoms with Crippen molar-refractivity contribution in [2.75, 3.05) is 6.54 Å². The quantitative estimate of drug-likeness (QED) is 0.865. The number of rotatable bonds is 5. The summed E-state index contributed by atoms with van der Waals surface area (Å²) in [6, 6.07) is 4.90. The highest BCUT2D eigenvalue weighted by atomic mass is 16.4. The SMILES string of the molecule is Cn1cc(C(N)=O)cc1C(=O)N1CCCC1CC(O)c1ccco1. The lowest BCUT2D eigenvalue weighted by molar-refractivity contribution is 0.0632. The molecule has 1 saturated heterocycles. The summed E-state index contributed by atoms with van der Waals surface area (Å²) < 4.78 is 6.84. The summed E-state index contributed by atoms with van der Waals surface area (Å²) in [5.41, 5.74) is 6.01. The highest BCUT2D eigenvalue weighted by molar-refractivity contribution is 5.98. The highest BCUT2D eigenvalue weighted by Crippen LogP contribution is 2.29. The molecule has 24 heavy (non-hydrogen) atoms. The molecule has 2 aromatic rings. The molecule has 3 N–H and O–H groups in total. The largest absolute Gasteiger partial charge is 0.467 e. The number of aliphatic hydroxyl groups is 1. The molecule has 2 amide bonds. The molecule has 128 valence electrons. The minimum atomic E-state index is -0.743. The van der Waals surface area contributed by atoms with Crippen LogP contribution in [0.15, 0.2) is 35.1 Å². The van der Waals surface area contributed by atoms with Gasteiger partial charge >= 0.3 is 0 Å². The normalized spacial score (nSPS) is 18.8. The number of nitrogens with zero attached hydrogens (tertiary/aromatic N) is 2. The minimum Gasteiger partial charge on any atom is -0.467 e. The average molecular weight is 331 g/mol. The molecule has 0 spiro atoms. The van der Waals surface area contributed by atoms with Crippen molar-refractivity contribution < 1.29 is 19.1 Å². The number of hydrogen-bond donors (Lipinski definition) is 2. The Bertz CT molecular complexity index is 735. The van der Waals surface area contributed by atoms with Crippen LogP contribution in [0.3, 0.4) is 0 Å². The maximum atomic E-state index is 12.8. The number of amides is 2. The zero-order chi connectivity index (χ0) is 17.3. The summed E-state index contributed by atoms with van der Waals surface area (Å²) in [7, 11) is 1.71. The van der Waals surface area contributed by atoms with E-state index in [1.165, 1.54) is 12.3 Å². The van der Waals surface area contributed by atoms with Gasteiger partial charge in [0.2, 0.25) is 5.91 Å². The molecule has 2 unspecified atom stereocenters. The molecule has 0 aliphatic carbocycles. The molecule has 1 fully saturated rings. The van der Waals surface area contributed by atoms with Gasteiger partial charge in [-0.15, -0.1) is 0 Å². The van der Waals surface area contributed by atoms with E-state index in [1.807, 2.05) is 0 Å². The summed E-state index contributed by atoms with van der Waals surface area (Å²) in [6.07, 6.45) is 4.47. The van der Waals surface area contributed by atoms with Gasteiger partial charge in [0.15, 0.2) is 0 Å². The van der Waals surface area contributed by atoms with E-state index in [0.29, 0.717) is 30.0 Å². The maximum Gasteiger partial charge on any atom is 0.270 e.